The third-order valence-corrected chi connectivity index (χ3v) is 2.72. The van der Waals surface area contributed by atoms with Crippen LogP contribution in [0.5, 0.6) is 0 Å². The minimum Gasteiger partial charge on any atom is -0.349 e. The van der Waals surface area contributed by atoms with Crippen molar-refractivity contribution in [3.8, 4) is 0 Å². The first-order valence-electron chi connectivity index (χ1n) is 5.18. The smallest absolute Gasteiger partial charge is 0.226 e. The van der Waals surface area contributed by atoms with Gasteiger partial charge < -0.3 is 10.6 Å². The van der Waals surface area contributed by atoms with Gasteiger partial charge in [-0.15, -0.1) is 0 Å². The summed E-state index contributed by atoms with van der Waals surface area (Å²) in [5, 5.41) is 6.08. The number of aromatic nitrogens is 1. The van der Waals surface area contributed by atoms with E-state index in [0.717, 1.165) is 18.7 Å². The molecule has 1 aromatic heterocycles. The predicted octanol–water partition coefficient (Wildman–Crippen LogP) is 0.478. The molecule has 0 spiro atoms. The highest BCUT2D eigenvalue weighted by Crippen LogP contribution is 2.12. The molecular weight excluding hydrogens is 190 g/mol. The zero-order chi connectivity index (χ0) is 10.7. The lowest BCUT2D eigenvalue weighted by Crippen LogP contribution is -2.51. The van der Waals surface area contributed by atoms with Gasteiger partial charge in [-0.1, -0.05) is 0 Å². The molecule has 2 rings (SSSR count). The Morgan fingerprint density at radius 3 is 2.73 bits per heavy atom. The molecule has 1 amide bonds. The molecule has 1 fully saturated rings. The Morgan fingerprint density at radius 2 is 2.20 bits per heavy atom. The van der Waals surface area contributed by atoms with Crippen LogP contribution in [0.1, 0.15) is 18.5 Å². The number of amides is 1. The number of carbonyl (C=O) groups excluding carboxylic acids is 1. The molecule has 15 heavy (non-hydrogen) atoms. The fourth-order valence-corrected chi connectivity index (χ4v) is 1.54. The van der Waals surface area contributed by atoms with Gasteiger partial charge in [0.05, 0.1) is 12.0 Å². The van der Waals surface area contributed by atoms with E-state index in [0.29, 0.717) is 0 Å². The van der Waals surface area contributed by atoms with E-state index < -0.39 is 0 Å². The molecule has 80 valence electrons. The predicted molar refractivity (Wildman–Crippen MR) is 57.2 cm³/mol. The van der Waals surface area contributed by atoms with Crippen LogP contribution < -0.4 is 10.6 Å². The third kappa shape index (κ3) is 2.33. The normalized spacial score (nSPS) is 17.9. The molecule has 0 radical (unpaired) electrons. The van der Waals surface area contributed by atoms with E-state index in [1.165, 1.54) is 0 Å². The molecule has 0 saturated carbocycles. The maximum absolute atomic E-state index is 11.6. The number of hydrogen-bond acceptors (Lipinski definition) is 3. The zero-order valence-electron chi connectivity index (χ0n) is 8.73. The molecule has 1 aromatic rings. The van der Waals surface area contributed by atoms with Gasteiger partial charge in [-0.3, -0.25) is 9.78 Å². The molecule has 1 aliphatic heterocycles. The van der Waals surface area contributed by atoms with Crippen LogP contribution in [-0.4, -0.2) is 24.0 Å². The molecule has 0 unspecified atom stereocenters. The van der Waals surface area contributed by atoms with E-state index in [-0.39, 0.29) is 17.9 Å². The van der Waals surface area contributed by atoms with Gasteiger partial charge >= 0.3 is 0 Å². The molecule has 4 nitrogen and oxygen atoms in total. The highest BCUT2D eigenvalue weighted by Gasteiger charge is 2.25. The Bertz CT molecular complexity index is 335. The van der Waals surface area contributed by atoms with E-state index in [1.54, 1.807) is 12.4 Å². The van der Waals surface area contributed by atoms with Crippen LogP contribution in [0.3, 0.4) is 0 Å². The summed E-state index contributed by atoms with van der Waals surface area (Å²) in [6.45, 7) is 3.59. The van der Waals surface area contributed by atoms with Gasteiger partial charge in [0.2, 0.25) is 5.91 Å². The second-order valence-electron chi connectivity index (χ2n) is 3.87. The average molecular weight is 205 g/mol. The first-order valence-corrected chi connectivity index (χ1v) is 5.18. The number of rotatable bonds is 3. The summed E-state index contributed by atoms with van der Waals surface area (Å²) in [5.41, 5.74) is 1.09. The minimum atomic E-state index is 0.0566. The third-order valence-electron chi connectivity index (χ3n) is 2.72. The SMILES string of the molecule is C[C@@H](NC(=O)C1CNC1)c1ccncc1. The molecule has 1 aliphatic rings. The monoisotopic (exact) mass is 205 g/mol. The van der Waals surface area contributed by atoms with Gasteiger partial charge in [0.25, 0.3) is 0 Å². The maximum Gasteiger partial charge on any atom is 0.226 e. The van der Waals surface area contributed by atoms with Crippen LogP contribution in [-0.2, 0) is 4.79 Å². The van der Waals surface area contributed by atoms with E-state index in [4.69, 9.17) is 0 Å². The van der Waals surface area contributed by atoms with Crippen molar-refractivity contribution < 1.29 is 4.79 Å². The topological polar surface area (TPSA) is 54.0 Å². The quantitative estimate of drug-likeness (QED) is 0.754. The second-order valence-corrected chi connectivity index (χ2v) is 3.87. The Hall–Kier alpha value is -1.42. The minimum absolute atomic E-state index is 0.0566. The second kappa shape index (κ2) is 4.40. The number of nitrogens with zero attached hydrogens (tertiary/aromatic N) is 1. The van der Waals surface area contributed by atoms with Gasteiger partial charge in [0.1, 0.15) is 0 Å². The van der Waals surface area contributed by atoms with Gasteiger partial charge in [-0.25, -0.2) is 0 Å². The van der Waals surface area contributed by atoms with Crippen molar-refractivity contribution >= 4 is 5.91 Å². The number of carbonyl (C=O) groups is 1. The summed E-state index contributed by atoms with van der Waals surface area (Å²) < 4.78 is 0. The molecule has 0 aromatic carbocycles. The van der Waals surface area contributed by atoms with Crippen molar-refractivity contribution in [1.29, 1.82) is 0 Å². The highest BCUT2D eigenvalue weighted by molar-refractivity contribution is 5.80. The highest BCUT2D eigenvalue weighted by atomic mass is 16.2. The lowest BCUT2D eigenvalue weighted by molar-refractivity contribution is -0.127. The van der Waals surface area contributed by atoms with Gasteiger partial charge in [0, 0.05) is 25.5 Å². The lowest BCUT2D eigenvalue weighted by atomic mass is 10.0. The largest absolute Gasteiger partial charge is 0.349 e. The van der Waals surface area contributed by atoms with Gasteiger partial charge in [-0.2, -0.15) is 0 Å². The molecular formula is C11H15N3O. The van der Waals surface area contributed by atoms with Crippen LogP contribution in [0.4, 0.5) is 0 Å². The maximum atomic E-state index is 11.6. The molecule has 1 atom stereocenters. The van der Waals surface area contributed by atoms with Crippen molar-refractivity contribution in [1.82, 2.24) is 15.6 Å². The number of pyridine rings is 1. The first-order chi connectivity index (χ1) is 7.27. The molecule has 0 aliphatic carbocycles. The lowest BCUT2D eigenvalue weighted by Gasteiger charge is -2.27. The van der Waals surface area contributed by atoms with Gasteiger partial charge in [-0.05, 0) is 24.6 Å². The van der Waals surface area contributed by atoms with E-state index in [9.17, 15) is 4.79 Å². The number of nitrogens with one attached hydrogen (secondary N) is 2. The Labute approximate surface area is 89.1 Å². The fourth-order valence-electron chi connectivity index (χ4n) is 1.54. The standard InChI is InChI=1S/C11H15N3O/c1-8(9-2-4-12-5-3-9)14-11(15)10-6-13-7-10/h2-5,8,10,13H,6-7H2,1H3,(H,14,15)/t8-/m1/s1. The summed E-state index contributed by atoms with van der Waals surface area (Å²) >= 11 is 0. The Morgan fingerprint density at radius 1 is 1.53 bits per heavy atom. The van der Waals surface area contributed by atoms with Crippen molar-refractivity contribution in [3.63, 3.8) is 0 Å². The molecule has 1 saturated heterocycles. The molecule has 4 heteroatoms. The van der Waals surface area contributed by atoms with Crippen molar-refractivity contribution in [2.75, 3.05) is 13.1 Å². The van der Waals surface area contributed by atoms with Crippen LogP contribution in [0.15, 0.2) is 24.5 Å². The molecule has 2 heterocycles. The van der Waals surface area contributed by atoms with Crippen LogP contribution >= 0.6 is 0 Å². The van der Waals surface area contributed by atoms with Crippen molar-refractivity contribution in [3.05, 3.63) is 30.1 Å². The van der Waals surface area contributed by atoms with Crippen LogP contribution in [0.25, 0.3) is 0 Å². The fraction of sp³-hybridized carbons (Fsp3) is 0.455. The van der Waals surface area contributed by atoms with Crippen molar-refractivity contribution in [2.24, 2.45) is 5.92 Å². The average Bonchev–Trinajstić information content (AvgIpc) is 2.16. The Balaban J connectivity index is 1.91. The summed E-state index contributed by atoms with van der Waals surface area (Å²) in [5.74, 6) is 0.285. The van der Waals surface area contributed by atoms with Crippen molar-refractivity contribution in [2.45, 2.75) is 13.0 Å². The van der Waals surface area contributed by atoms with E-state index >= 15 is 0 Å². The van der Waals surface area contributed by atoms with Crippen LogP contribution in [0, 0.1) is 5.92 Å². The first kappa shape index (κ1) is 10.1. The molecule has 2 N–H and O–H groups in total. The number of hydrogen-bond donors (Lipinski definition) is 2. The summed E-state index contributed by atoms with van der Waals surface area (Å²) in [7, 11) is 0. The summed E-state index contributed by atoms with van der Waals surface area (Å²) in [6.07, 6.45) is 3.48. The van der Waals surface area contributed by atoms with E-state index in [2.05, 4.69) is 15.6 Å². The zero-order valence-corrected chi connectivity index (χ0v) is 8.73. The summed E-state index contributed by atoms with van der Waals surface area (Å²) in [4.78, 5) is 15.6. The van der Waals surface area contributed by atoms with Gasteiger partial charge in [0.15, 0.2) is 0 Å². The molecule has 0 bridgehead atoms. The Kier molecular flexibility index (Phi) is 2.97. The summed E-state index contributed by atoms with van der Waals surface area (Å²) in [6, 6.07) is 3.90. The van der Waals surface area contributed by atoms with Crippen LogP contribution in [0.2, 0.25) is 0 Å². The van der Waals surface area contributed by atoms with E-state index in [1.807, 2.05) is 19.1 Å².